The lowest BCUT2D eigenvalue weighted by molar-refractivity contribution is -0.202. The number of hydrogen-bond acceptors (Lipinski definition) is 7. The first-order valence-corrected chi connectivity index (χ1v) is 12.9. The number of benzene rings is 2. The Morgan fingerprint density at radius 3 is 2.33 bits per heavy atom. The molecule has 0 spiro atoms. The predicted octanol–water partition coefficient (Wildman–Crippen LogP) is 4.47. The minimum absolute atomic E-state index is 0.145. The number of carbonyl (C=O) groups excluding carboxylic acids is 4. The molecule has 0 aliphatic heterocycles. The molecule has 9 nitrogen and oxygen atoms in total. The van der Waals surface area contributed by atoms with E-state index in [2.05, 4.69) is 25.7 Å². The van der Waals surface area contributed by atoms with E-state index in [0.717, 1.165) is 0 Å². The Morgan fingerprint density at radius 2 is 1.64 bits per heavy atom. The summed E-state index contributed by atoms with van der Waals surface area (Å²) < 4.78 is 54.9. The lowest BCUT2D eigenvalue weighted by atomic mass is 9.97. The van der Waals surface area contributed by atoms with Crippen LogP contribution in [0.1, 0.15) is 37.3 Å². The molecule has 3 rings (SSSR count). The van der Waals surface area contributed by atoms with Gasteiger partial charge >= 0.3 is 18.1 Å². The van der Waals surface area contributed by atoms with Crippen LogP contribution in [0.15, 0.2) is 72.9 Å². The fourth-order valence-corrected chi connectivity index (χ4v) is 3.81. The summed E-state index contributed by atoms with van der Waals surface area (Å²) in [6, 6.07) is 16.0. The summed E-state index contributed by atoms with van der Waals surface area (Å²) in [5.41, 5.74) is 1.46. The third kappa shape index (κ3) is 10.6. The molecule has 2 amide bonds. The Kier molecular flexibility index (Phi) is 11.5. The van der Waals surface area contributed by atoms with Crippen molar-refractivity contribution >= 4 is 29.6 Å². The van der Waals surface area contributed by atoms with Crippen LogP contribution in [0, 0.1) is 5.82 Å². The standard InChI is InChI=1S/C29H28F4N4O5/c30-22-12-10-19(11-13-22)20-6-5-7-21(16-20)23(17-27(40)42-28(41)29(31,32)33)37-26(39)18-36-25(38)9-2-4-15-35-24-8-1-3-14-34-24/h1,3,5-8,10-14,16,23H,2,4,9,15,17-18H2,(H,34,35)(H,36,38)(H,37,39). The van der Waals surface area contributed by atoms with Crippen molar-refractivity contribution in [3.8, 4) is 11.1 Å². The summed E-state index contributed by atoms with van der Waals surface area (Å²) in [6.45, 7) is 0.131. The van der Waals surface area contributed by atoms with Crippen LogP contribution in [0.4, 0.5) is 23.4 Å². The average Bonchev–Trinajstić information content (AvgIpc) is 2.96. The van der Waals surface area contributed by atoms with E-state index >= 15 is 0 Å². The molecule has 3 aromatic rings. The topological polar surface area (TPSA) is 126 Å². The van der Waals surface area contributed by atoms with Gasteiger partial charge in [-0.05, 0) is 59.9 Å². The number of halogens is 4. The third-order valence-electron chi connectivity index (χ3n) is 5.86. The SMILES string of the molecule is O=C(CCCCNc1ccccn1)NCC(=O)NC(CC(=O)OC(=O)C(F)(F)F)c1cccc(-c2ccc(F)cc2)c1. The molecule has 0 aliphatic rings. The number of anilines is 1. The number of amides is 2. The number of nitrogens with zero attached hydrogens (tertiary/aromatic N) is 1. The summed E-state index contributed by atoms with van der Waals surface area (Å²) in [5, 5.41) is 8.06. The molecule has 0 fully saturated rings. The number of esters is 2. The Bertz CT molecular complexity index is 1370. The summed E-state index contributed by atoms with van der Waals surface area (Å²) in [5.74, 6) is -5.07. The Morgan fingerprint density at radius 1 is 0.881 bits per heavy atom. The number of carbonyl (C=O) groups is 4. The zero-order chi connectivity index (χ0) is 30.5. The van der Waals surface area contributed by atoms with Crippen molar-refractivity contribution in [2.24, 2.45) is 0 Å². The second-order valence-electron chi connectivity index (χ2n) is 9.09. The molecule has 2 aromatic carbocycles. The minimum Gasteiger partial charge on any atom is -0.386 e. The van der Waals surface area contributed by atoms with Crippen LogP contribution >= 0.6 is 0 Å². The van der Waals surface area contributed by atoms with Gasteiger partial charge in [0.1, 0.15) is 11.6 Å². The largest absolute Gasteiger partial charge is 0.491 e. The normalized spacial score (nSPS) is 11.7. The van der Waals surface area contributed by atoms with E-state index in [-0.39, 0.29) is 6.42 Å². The highest BCUT2D eigenvalue weighted by Crippen LogP contribution is 2.26. The number of aromatic nitrogens is 1. The molecule has 1 heterocycles. The molecule has 1 atom stereocenters. The maximum atomic E-state index is 13.3. The van der Waals surface area contributed by atoms with E-state index in [9.17, 15) is 36.7 Å². The Balaban J connectivity index is 1.58. The third-order valence-corrected chi connectivity index (χ3v) is 5.86. The first kappa shape index (κ1) is 31.7. The van der Waals surface area contributed by atoms with Gasteiger partial charge < -0.3 is 20.7 Å². The van der Waals surface area contributed by atoms with Gasteiger partial charge in [-0.25, -0.2) is 14.2 Å². The van der Waals surface area contributed by atoms with Crippen molar-refractivity contribution in [1.82, 2.24) is 15.6 Å². The molecule has 0 saturated carbocycles. The summed E-state index contributed by atoms with van der Waals surface area (Å²) in [6.07, 6.45) is -3.19. The number of ether oxygens (including phenoxy) is 1. The second kappa shape index (κ2) is 15.3. The minimum atomic E-state index is -5.38. The summed E-state index contributed by atoms with van der Waals surface area (Å²) in [7, 11) is 0. The van der Waals surface area contributed by atoms with Crippen LogP contribution in [0.2, 0.25) is 0 Å². The first-order chi connectivity index (χ1) is 20.0. The van der Waals surface area contributed by atoms with Crippen LogP contribution in [-0.2, 0) is 23.9 Å². The highest BCUT2D eigenvalue weighted by molar-refractivity contribution is 5.89. The van der Waals surface area contributed by atoms with Crippen molar-refractivity contribution in [2.75, 3.05) is 18.4 Å². The van der Waals surface area contributed by atoms with Gasteiger partial charge in [0.05, 0.1) is 19.0 Å². The average molecular weight is 589 g/mol. The number of rotatable bonds is 13. The highest BCUT2D eigenvalue weighted by atomic mass is 19.4. The highest BCUT2D eigenvalue weighted by Gasteiger charge is 2.42. The van der Waals surface area contributed by atoms with Crippen LogP contribution in [0.5, 0.6) is 0 Å². The first-order valence-electron chi connectivity index (χ1n) is 12.9. The van der Waals surface area contributed by atoms with Crippen molar-refractivity contribution in [3.63, 3.8) is 0 Å². The van der Waals surface area contributed by atoms with Crippen molar-refractivity contribution in [1.29, 1.82) is 0 Å². The fourth-order valence-electron chi connectivity index (χ4n) is 3.81. The van der Waals surface area contributed by atoms with Gasteiger partial charge in [-0.2, -0.15) is 13.2 Å². The van der Waals surface area contributed by atoms with E-state index in [1.807, 2.05) is 12.1 Å². The molecule has 222 valence electrons. The van der Waals surface area contributed by atoms with Crippen molar-refractivity contribution < 1.29 is 41.5 Å². The zero-order valence-corrected chi connectivity index (χ0v) is 22.2. The molecular weight excluding hydrogens is 560 g/mol. The van der Waals surface area contributed by atoms with E-state index in [0.29, 0.717) is 41.9 Å². The summed E-state index contributed by atoms with van der Waals surface area (Å²) in [4.78, 5) is 52.2. The molecule has 0 bridgehead atoms. The molecule has 1 unspecified atom stereocenters. The van der Waals surface area contributed by atoms with E-state index in [1.165, 1.54) is 30.3 Å². The number of alkyl halides is 3. The van der Waals surface area contributed by atoms with Gasteiger partial charge in [0.15, 0.2) is 0 Å². The van der Waals surface area contributed by atoms with Gasteiger partial charge in [-0.15, -0.1) is 0 Å². The van der Waals surface area contributed by atoms with Gasteiger partial charge in [0, 0.05) is 19.2 Å². The van der Waals surface area contributed by atoms with E-state index < -0.39 is 54.8 Å². The van der Waals surface area contributed by atoms with Crippen LogP contribution in [0.25, 0.3) is 11.1 Å². The lowest BCUT2D eigenvalue weighted by Gasteiger charge is -2.20. The van der Waals surface area contributed by atoms with Crippen molar-refractivity contribution in [3.05, 3.63) is 84.3 Å². The van der Waals surface area contributed by atoms with E-state index in [4.69, 9.17) is 0 Å². The molecule has 42 heavy (non-hydrogen) atoms. The van der Waals surface area contributed by atoms with Crippen LogP contribution < -0.4 is 16.0 Å². The van der Waals surface area contributed by atoms with Gasteiger partial charge in [0.25, 0.3) is 0 Å². The Labute approximate surface area is 238 Å². The van der Waals surface area contributed by atoms with Crippen molar-refractivity contribution in [2.45, 2.75) is 37.9 Å². The quantitative estimate of drug-likeness (QED) is 0.116. The monoisotopic (exact) mass is 588 g/mol. The van der Waals surface area contributed by atoms with Crippen LogP contribution in [0.3, 0.4) is 0 Å². The van der Waals surface area contributed by atoms with Gasteiger partial charge in [-0.1, -0.05) is 36.4 Å². The molecule has 1 aromatic heterocycles. The molecule has 13 heteroatoms. The number of pyridine rings is 1. The number of nitrogens with one attached hydrogen (secondary N) is 3. The summed E-state index contributed by atoms with van der Waals surface area (Å²) >= 11 is 0. The predicted molar refractivity (Wildman–Crippen MR) is 144 cm³/mol. The van der Waals surface area contributed by atoms with E-state index in [1.54, 1.807) is 30.5 Å². The number of unbranched alkanes of at least 4 members (excludes halogenated alkanes) is 1. The number of hydrogen-bond donors (Lipinski definition) is 3. The molecule has 0 saturated heterocycles. The Hall–Kier alpha value is -4.81. The smallest absolute Gasteiger partial charge is 0.386 e. The molecule has 3 N–H and O–H groups in total. The maximum absolute atomic E-state index is 13.3. The molecule has 0 radical (unpaired) electrons. The second-order valence-corrected chi connectivity index (χ2v) is 9.09. The molecule has 0 aliphatic carbocycles. The maximum Gasteiger partial charge on any atom is 0.491 e. The van der Waals surface area contributed by atoms with Crippen LogP contribution in [-0.4, -0.2) is 48.0 Å². The van der Waals surface area contributed by atoms with Gasteiger partial charge in [0.2, 0.25) is 11.8 Å². The fraction of sp³-hybridized carbons (Fsp3) is 0.276. The lowest BCUT2D eigenvalue weighted by Crippen LogP contribution is -2.39. The van der Waals surface area contributed by atoms with Gasteiger partial charge in [-0.3, -0.25) is 14.4 Å². The molecular formula is C29H28F4N4O5. The zero-order valence-electron chi connectivity index (χ0n) is 22.2.